The molecule has 0 saturated heterocycles. The molecule has 1 rings (SSSR count). The molecule has 1 heterocycles. The lowest BCUT2D eigenvalue weighted by molar-refractivity contribution is -0.137. The Labute approximate surface area is 89.1 Å². The van der Waals surface area contributed by atoms with Crippen molar-refractivity contribution in [3.8, 4) is 0 Å². The number of carbonyl (C=O) groups is 1. The molecular formula is C11H16N2O2. The van der Waals surface area contributed by atoms with E-state index in [1.807, 2.05) is 12.1 Å². The van der Waals surface area contributed by atoms with Gasteiger partial charge < -0.3 is 10.8 Å². The molecule has 0 aliphatic heterocycles. The molecule has 0 bridgehead atoms. The normalized spacial score (nSPS) is 12.8. The third kappa shape index (κ3) is 3.32. The zero-order valence-electron chi connectivity index (χ0n) is 8.97. The maximum Gasteiger partial charge on any atom is 0.305 e. The van der Waals surface area contributed by atoms with E-state index in [0.717, 1.165) is 11.3 Å². The van der Waals surface area contributed by atoms with Crippen LogP contribution in [-0.2, 0) is 4.79 Å². The van der Waals surface area contributed by atoms with Crippen LogP contribution in [0.15, 0.2) is 18.3 Å². The zero-order valence-corrected chi connectivity index (χ0v) is 8.97. The van der Waals surface area contributed by atoms with Crippen LogP contribution in [0, 0.1) is 0 Å². The van der Waals surface area contributed by atoms with Crippen molar-refractivity contribution in [1.29, 1.82) is 0 Å². The van der Waals surface area contributed by atoms with Crippen molar-refractivity contribution in [3.05, 3.63) is 29.6 Å². The Bertz CT molecular complexity index is 333. The van der Waals surface area contributed by atoms with E-state index < -0.39 is 12.0 Å². The van der Waals surface area contributed by atoms with Crippen LogP contribution in [0.5, 0.6) is 0 Å². The molecule has 0 saturated carbocycles. The van der Waals surface area contributed by atoms with Gasteiger partial charge in [0, 0.05) is 17.9 Å². The SMILES string of the molecule is CC(C)c1ccc(C(N)CC(=O)O)cn1. The summed E-state index contributed by atoms with van der Waals surface area (Å²) in [5.41, 5.74) is 7.45. The van der Waals surface area contributed by atoms with Crippen molar-refractivity contribution >= 4 is 5.97 Å². The van der Waals surface area contributed by atoms with E-state index in [-0.39, 0.29) is 6.42 Å². The second-order valence-corrected chi connectivity index (χ2v) is 3.88. The van der Waals surface area contributed by atoms with Crippen molar-refractivity contribution in [1.82, 2.24) is 4.98 Å². The maximum atomic E-state index is 10.5. The van der Waals surface area contributed by atoms with Gasteiger partial charge in [-0.05, 0) is 17.5 Å². The second-order valence-electron chi connectivity index (χ2n) is 3.88. The summed E-state index contributed by atoms with van der Waals surface area (Å²) < 4.78 is 0. The van der Waals surface area contributed by atoms with E-state index in [2.05, 4.69) is 18.8 Å². The van der Waals surface area contributed by atoms with Crippen LogP contribution < -0.4 is 5.73 Å². The minimum atomic E-state index is -0.893. The number of carboxylic acid groups (broad SMARTS) is 1. The van der Waals surface area contributed by atoms with E-state index in [4.69, 9.17) is 10.8 Å². The van der Waals surface area contributed by atoms with Crippen LogP contribution in [0.3, 0.4) is 0 Å². The van der Waals surface area contributed by atoms with Crippen LogP contribution in [0.4, 0.5) is 0 Å². The number of aromatic nitrogens is 1. The predicted molar refractivity (Wildman–Crippen MR) is 57.5 cm³/mol. The van der Waals surface area contributed by atoms with Gasteiger partial charge in [-0.1, -0.05) is 19.9 Å². The highest BCUT2D eigenvalue weighted by atomic mass is 16.4. The molecular weight excluding hydrogens is 192 g/mol. The highest BCUT2D eigenvalue weighted by Crippen LogP contribution is 2.16. The van der Waals surface area contributed by atoms with Crippen LogP contribution in [0.1, 0.15) is 43.5 Å². The molecule has 0 aliphatic carbocycles. The predicted octanol–water partition coefficient (Wildman–Crippen LogP) is 1.68. The molecule has 82 valence electrons. The number of hydrogen-bond acceptors (Lipinski definition) is 3. The largest absolute Gasteiger partial charge is 0.481 e. The fourth-order valence-corrected chi connectivity index (χ4v) is 1.28. The lowest BCUT2D eigenvalue weighted by atomic mass is 10.0. The molecule has 1 aromatic rings. The summed E-state index contributed by atoms with van der Waals surface area (Å²) in [4.78, 5) is 14.7. The van der Waals surface area contributed by atoms with Gasteiger partial charge in [0.2, 0.25) is 0 Å². The van der Waals surface area contributed by atoms with Gasteiger partial charge >= 0.3 is 5.97 Å². The van der Waals surface area contributed by atoms with Gasteiger partial charge in [-0.3, -0.25) is 9.78 Å². The van der Waals surface area contributed by atoms with Crippen molar-refractivity contribution in [3.63, 3.8) is 0 Å². The Morgan fingerprint density at radius 1 is 1.53 bits per heavy atom. The highest BCUT2D eigenvalue weighted by Gasteiger charge is 2.11. The summed E-state index contributed by atoms with van der Waals surface area (Å²) in [6.45, 7) is 4.11. The molecule has 0 spiro atoms. The van der Waals surface area contributed by atoms with E-state index in [1.54, 1.807) is 6.20 Å². The summed E-state index contributed by atoms with van der Waals surface area (Å²) in [6.07, 6.45) is 1.59. The first-order valence-corrected chi connectivity index (χ1v) is 4.94. The molecule has 15 heavy (non-hydrogen) atoms. The third-order valence-electron chi connectivity index (χ3n) is 2.22. The molecule has 0 aliphatic rings. The van der Waals surface area contributed by atoms with Crippen molar-refractivity contribution in [2.24, 2.45) is 5.73 Å². The molecule has 4 heteroatoms. The Kier molecular flexibility index (Phi) is 3.80. The summed E-state index contributed by atoms with van der Waals surface area (Å²) in [6, 6.07) is 3.26. The zero-order chi connectivity index (χ0) is 11.4. The average molecular weight is 208 g/mol. The molecule has 0 amide bonds. The Morgan fingerprint density at radius 3 is 2.60 bits per heavy atom. The van der Waals surface area contributed by atoms with Crippen molar-refractivity contribution < 1.29 is 9.90 Å². The van der Waals surface area contributed by atoms with Gasteiger partial charge in [0.15, 0.2) is 0 Å². The number of pyridine rings is 1. The number of carboxylic acids is 1. The Morgan fingerprint density at radius 2 is 2.20 bits per heavy atom. The van der Waals surface area contributed by atoms with Crippen LogP contribution in [-0.4, -0.2) is 16.1 Å². The highest BCUT2D eigenvalue weighted by molar-refractivity contribution is 5.67. The summed E-state index contributed by atoms with van der Waals surface area (Å²) in [7, 11) is 0. The minimum Gasteiger partial charge on any atom is -0.481 e. The second kappa shape index (κ2) is 4.89. The average Bonchev–Trinajstić information content (AvgIpc) is 2.17. The minimum absolute atomic E-state index is 0.0668. The molecule has 0 radical (unpaired) electrons. The van der Waals surface area contributed by atoms with Gasteiger partial charge in [-0.25, -0.2) is 0 Å². The Hall–Kier alpha value is -1.42. The van der Waals surface area contributed by atoms with Crippen LogP contribution in [0.2, 0.25) is 0 Å². The molecule has 0 aromatic carbocycles. The smallest absolute Gasteiger partial charge is 0.305 e. The number of nitrogens with two attached hydrogens (primary N) is 1. The quantitative estimate of drug-likeness (QED) is 0.789. The first-order valence-electron chi connectivity index (χ1n) is 4.94. The van der Waals surface area contributed by atoms with Crippen molar-refractivity contribution in [2.45, 2.75) is 32.2 Å². The lowest BCUT2D eigenvalue weighted by Gasteiger charge is -2.10. The van der Waals surface area contributed by atoms with Gasteiger partial charge in [-0.15, -0.1) is 0 Å². The number of rotatable bonds is 4. The standard InChI is InChI=1S/C11H16N2O2/c1-7(2)10-4-3-8(6-13-10)9(12)5-11(14)15/h3-4,6-7,9H,5,12H2,1-2H3,(H,14,15). The number of aliphatic carboxylic acids is 1. The first kappa shape index (κ1) is 11.7. The van der Waals surface area contributed by atoms with E-state index in [1.165, 1.54) is 0 Å². The van der Waals surface area contributed by atoms with E-state index >= 15 is 0 Å². The van der Waals surface area contributed by atoms with Gasteiger partial charge in [0.1, 0.15) is 0 Å². The van der Waals surface area contributed by atoms with Crippen LogP contribution >= 0.6 is 0 Å². The fraction of sp³-hybridized carbons (Fsp3) is 0.455. The monoisotopic (exact) mass is 208 g/mol. The van der Waals surface area contributed by atoms with Crippen molar-refractivity contribution in [2.75, 3.05) is 0 Å². The van der Waals surface area contributed by atoms with Gasteiger partial charge in [0.25, 0.3) is 0 Å². The molecule has 1 aromatic heterocycles. The summed E-state index contributed by atoms with van der Waals surface area (Å²) >= 11 is 0. The van der Waals surface area contributed by atoms with Gasteiger partial charge in [0.05, 0.1) is 6.42 Å². The van der Waals surface area contributed by atoms with Crippen LogP contribution in [0.25, 0.3) is 0 Å². The first-order chi connectivity index (χ1) is 7.00. The number of nitrogens with zero attached hydrogens (tertiary/aromatic N) is 1. The molecule has 1 unspecified atom stereocenters. The summed E-state index contributed by atoms with van der Waals surface area (Å²) in [5, 5.41) is 8.59. The summed E-state index contributed by atoms with van der Waals surface area (Å²) in [5.74, 6) is -0.523. The molecule has 1 atom stereocenters. The molecule has 3 N–H and O–H groups in total. The third-order valence-corrected chi connectivity index (χ3v) is 2.22. The maximum absolute atomic E-state index is 10.5. The Balaban J connectivity index is 2.75. The van der Waals surface area contributed by atoms with E-state index in [9.17, 15) is 4.79 Å². The van der Waals surface area contributed by atoms with Gasteiger partial charge in [-0.2, -0.15) is 0 Å². The molecule has 4 nitrogen and oxygen atoms in total. The fourth-order valence-electron chi connectivity index (χ4n) is 1.28. The molecule has 0 fully saturated rings. The lowest BCUT2D eigenvalue weighted by Crippen LogP contribution is -2.15. The number of hydrogen-bond donors (Lipinski definition) is 2. The topological polar surface area (TPSA) is 76.2 Å². The van der Waals surface area contributed by atoms with E-state index in [0.29, 0.717) is 5.92 Å².